The third kappa shape index (κ3) is 4.03. The largest absolute Gasteiger partial charge is 0.493 e. The van der Waals surface area contributed by atoms with Crippen LogP contribution in [0.3, 0.4) is 0 Å². The van der Waals surface area contributed by atoms with Crippen LogP contribution in [0.25, 0.3) is 0 Å². The lowest BCUT2D eigenvalue weighted by Gasteiger charge is -2.17. The molecule has 0 aromatic heterocycles. The van der Waals surface area contributed by atoms with E-state index < -0.39 is 29.3 Å². The molecule has 0 atom stereocenters. The summed E-state index contributed by atoms with van der Waals surface area (Å²) in [6.07, 6.45) is -4.62. The monoisotopic (exact) mass is 412 g/mol. The van der Waals surface area contributed by atoms with Gasteiger partial charge < -0.3 is 19.1 Å². The van der Waals surface area contributed by atoms with Crippen LogP contribution in [0.4, 0.5) is 24.5 Å². The Morgan fingerprint density at radius 2 is 1.90 bits per heavy atom. The number of halogens is 3. The van der Waals surface area contributed by atoms with E-state index in [4.69, 9.17) is 9.47 Å². The highest BCUT2D eigenvalue weighted by Crippen LogP contribution is 2.41. The normalized spacial score (nSPS) is 13.3. The number of nitro benzene ring substituents is 1. The Hall–Kier alpha value is -3.50. The molecule has 0 spiro atoms. The summed E-state index contributed by atoms with van der Waals surface area (Å²) in [6, 6.07) is 6.36. The number of methoxy groups -OCH3 is 2. The molecule has 1 amide bonds. The number of carbonyl (C=O) groups excluding carboxylic acids is 1. The van der Waals surface area contributed by atoms with Crippen molar-refractivity contribution in [2.24, 2.45) is 0 Å². The zero-order valence-corrected chi connectivity index (χ0v) is 15.3. The average molecular weight is 412 g/mol. The van der Waals surface area contributed by atoms with Crippen LogP contribution in [0, 0.1) is 10.1 Å². The molecule has 0 bridgehead atoms. The Balaban J connectivity index is 2.01. The fourth-order valence-electron chi connectivity index (χ4n) is 3.00. The topological polar surface area (TPSA) is 91.1 Å². The van der Waals surface area contributed by atoms with Crippen molar-refractivity contribution in [1.82, 2.24) is 0 Å². The van der Waals surface area contributed by atoms with Crippen LogP contribution in [0.1, 0.15) is 15.9 Å². The van der Waals surface area contributed by atoms with Crippen molar-refractivity contribution in [3.63, 3.8) is 0 Å². The maximum absolute atomic E-state index is 13.0. The lowest BCUT2D eigenvalue weighted by atomic mass is 10.1. The van der Waals surface area contributed by atoms with E-state index in [0.29, 0.717) is 11.3 Å². The molecule has 1 aliphatic rings. The van der Waals surface area contributed by atoms with Crippen LogP contribution in [0.5, 0.6) is 17.2 Å². The number of fused-ring (bicyclic) bond motifs is 1. The van der Waals surface area contributed by atoms with E-state index in [-0.39, 0.29) is 29.3 Å². The van der Waals surface area contributed by atoms with Gasteiger partial charge in [-0.05, 0) is 11.6 Å². The van der Waals surface area contributed by atoms with Gasteiger partial charge in [-0.2, -0.15) is 13.2 Å². The predicted octanol–water partition coefficient (Wildman–Crippen LogP) is 3.71. The molecular formula is C18H15F3N2O6. The summed E-state index contributed by atoms with van der Waals surface area (Å²) in [5.74, 6) is -0.371. The van der Waals surface area contributed by atoms with E-state index >= 15 is 0 Å². The third-order valence-electron chi connectivity index (χ3n) is 4.22. The first-order valence-electron chi connectivity index (χ1n) is 8.19. The number of nitrogens with zero attached hydrogens (tertiary/aromatic N) is 2. The molecule has 2 aromatic carbocycles. The highest BCUT2D eigenvalue weighted by atomic mass is 19.4. The first-order valence-corrected chi connectivity index (χ1v) is 8.19. The molecule has 0 aliphatic carbocycles. The van der Waals surface area contributed by atoms with E-state index in [1.165, 1.54) is 19.1 Å². The minimum absolute atomic E-state index is 0.0265. The molecule has 154 valence electrons. The number of nitro groups is 1. The van der Waals surface area contributed by atoms with Gasteiger partial charge in [-0.25, -0.2) is 0 Å². The number of alkyl halides is 3. The van der Waals surface area contributed by atoms with E-state index in [0.717, 1.165) is 18.2 Å². The summed E-state index contributed by atoms with van der Waals surface area (Å²) in [5, 5.41) is 11.2. The fourth-order valence-corrected chi connectivity index (χ4v) is 3.00. The van der Waals surface area contributed by atoms with Crippen molar-refractivity contribution in [2.45, 2.75) is 12.7 Å². The number of carbonyl (C=O) groups is 1. The maximum Gasteiger partial charge on any atom is 0.422 e. The Morgan fingerprint density at radius 3 is 2.48 bits per heavy atom. The third-order valence-corrected chi connectivity index (χ3v) is 4.22. The van der Waals surface area contributed by atoms with Crippen molar-refractivity contribution in [3.8, 4) is 17.2 Å². The molecule has 0 fully saturated rings. The second kappa shape index (κ2) is 7.49. The van der Waals surface area contributed by atoms with Gasteiger partial charge in [0.2, 0.25) is 0 Å². The number of hydrogen-bond donors (Lipinski definition) is 0. The van der Waals surface area contributed by atoms with Crippen LogP contribution in [-0.4, -0.2) is 37.8 Å². The van der Waals surface area contributed by atoms with Gasteiger partial charge in [0.15, 0.2) is 18.1 Å². The van der Waals surface area contributed by atoms with Crippen molar-refractivity contribution in [1.29, 1.82) is 0 Å². The molecule has 0 radical (unpaired) electrons. The fraction of sp³-hybridized carbons (Fsp3) is 0.278. The van der Waals surface area contributed by atoms with Crippen molar-refractivity contribution >= 4 is 17.3 Å². The summed E-state index contributed by atoms with van der Waals surface area (Å²) >= 11 is 0. The first-order chi connectivity index (χ1) is 13.6. The molecule has 29 heavy (non-hydrogen) atoms. The van der Waals surface area contributed by atoms with Crippen LogP contribution in [0.15, 0.2) is 30.3 Å². The standard InChI is InChI=1S/C18H15F3N2O6/c1-27-14-4-3-10-8-22(17(24)15(10)16(14)28-2)11-5-12(23(25)26)7-13(6-11)29-9-18(19,20)21/h3-7H,8-9H2,1-2H3. The lowest BCUT2D eigenvalue weighted by molar-refractivity contribution is -0.384. The van der Waals surface area contributed by atoms with E-state index in [1.807, 2.05) is 0 Å². The minimum Gasteiger partial charge on any atom is -0.493 e. The van der Waals surface area contributed by atoms with Crippen molar-refractivity contribution in [3.05, 3.63) is 51.6 Å². The molecule has 0 saturated heterocycles. The molecule has 8 nitrogen and oxygen atoms in total. The van der Waals surface area contributed by atoms with Gasteiger partial charge in [0.1, 0.15) is 5.75 Å². The first kappa shape index (κ1) is 20.2. The second-order valence-electron chi connectivity index (χ2n) is 6.07. The quantitative estimate of drug-likeness (QED) is 0.531. The smallest absolute Gasteiger partial charge is 0.422 e. The van der Waals surface area contributed by atoms with Gasteiger partial charge in [0.05, 0.1) is 43.0 Å². The number of non-ortho nitro benzene ring substituents is 1. The molecule has 3 rings (SSSR count). The van der Waals surface area contributed by atoms with Gasteiger partial charge >= 0.3 is 6.18 Å². The van der Waals surface area contributed by atoms with Crippen LogP contribution >= 0.6 is 0 Å². The Bertz CT molecular complexity index is 977. The summed E-state index contributed by atoms with van der Waals surface area (Å²) in [7, 11) is 2.77. The van der Waals surface area contributed by atoms with Crippen LogP contribution < -0.4 is 19.1 Å². The number of benzene rings is 2. The second-order valence-corrected chi connectivity index (χ2v) is 6.07. The molecule has 1 aliphatic heterocycles. The number of amides is 1. The van der Waals surface area contributed by atoms with Gasteiger partial charge in [-0.3, -0.25) is 14.9 Å². The molecule has 0 N–H and O–H groups in total. The summed E-state index contributed by atoms with van der Waals surface area (Å²) in [4.78, 5) is 24.6. The Morgan fingerprint density at radius 1 is 1.17 bits per heavy atom. The van der Waals surface area contributed by atoms with Gasteiger partial charge in [-0.15, -0.1) is 0 Å². The van der Waals surface area contributed by atoms with Crippen LogP contribution in [0.2, 0.25) is 0 Å². The van der Waals surface area contributed by atoms with Crippen LogP contribution in [-0.2, 0) is 6.54 Å². The molecule has 1 heterocycles. The summed E-state index contributed by atoms with van der Waals surface area (Å²) in [5.41, 5.74) is 0.319. The predicted molar refractivity (Wildman–Crippen MR) is 94.7 cm³/mol. The van der Waals surface area contributed by atoms with Gasteiger partial charge in [0.25, 0.3) is 11.6 Å². The zero-order chi connectivity index (χ0) is 21.3. The van der Waals surface area contributed by atoms with Gasteiger partial charge in [-0.1, -0.05) is 6.07 Å². The minimum atomic E-state index is -4.62. The number of ether oxygens (including phenoxy) is 3. The number of anilines is 1. The molecule has 0 unspecified atom stereocenters. The molecule has 11 heteroatoms. The number of hydrogen-bond acceptors (Lipinski definition) is 6. The highest BCUT2D eigenvalue weighted by molar-refractivity contribution is 6.12. The van der Waals surface area contributed by atoms with E-state index in [2.05, 4.69) is 4.74 Å². The highest BCUT2D eigenvalue weighted by Gasteiger charge is 2.35. The molecule has 2 aromatic rings. The number of rotatable bonds is 6. The van der Waals surface area contributed by atoms with E-state index in [1.54, 1.807) is 12.1 Å². The van der Waals surface area contributed by atoms with Crippen molar-refractivity contribution in [2.75, 3.05) is 25.7 Å². The zero-order valence-electron chi connectivity index (χ0n) is 15.3. The Kier molecular flexibility index (Phi) is 5.23. The summed E-state index contributed by atoms with van der Waals surface area (Å²) < 4.78 is 52.4. The van der Waals surface area contributed by atoms with Gasteiger partial charge in [0, 0.05) is 12.1 Å². The Labute approximate surface area is 162 Å². The molecular weight excluding hydrogens is 397 g/mol. The molecule has 0 saturated carbocycles. The lowest BCUT2D eigenvalue weighted by Crippen LogP contribution is -2.24. The maximum atomic E-state index is 13.0. The summed E-state index contributed by atoms with van der Waals surface area (Å²) in [6.45, 7) is -1.57. The SMILES string of the molecule is COc1ccc2c(c1OC)C(=O)N(c1cc(OCC(F)(F)F)cc([N+](=O)[O-])c1)C2. The van der Waals surface area contributed by atoms with E-state index in [9.17, 15) is 28.1 Å². The average Bonchev–Trinajstić information content (AvgIpc) is 3.01. The van der Waals surface area contributed by atoms with Crippen molar-refractivity contribution < 1.29 is 37.1 Å².